The molecule has 4 rings (SSSR count). The number of phenols is 1. The highest BCUT2D eigenvalue weighted by Gasteiger charge is 2.42. The second kappa shape index (κ2) is 7.29. The second-order valence-electron chi connectivity index (χ2n) is 7.37. The molecular formula is C21H23ClN2O2. The standard InChI is InChI=1S/C21H23ClN2O2/c22-16-4-2-5-17(12-16)23-21(26)20-19(15-3-1-6-18(25)11-15)9-10-24(20)13-14-7-8-14/h1-6,11-12,14,19-20,25H,7-10,13H2,(H,23,26). The van der Waals surface area contributed by atoms with Crippen LogP contribution >= 0.6 is 11.6 Å². The van der Waals surface area contributed by atoms with Gasteiger partial charge in [-0.15, -0.1) is 0 Å². The van der Waals surface area contributed by atoms with Crippen molar-refractivity contribution in [3.63, 3.8) is 0 Å². The Hall–Kier alpha value is -2.04. The zero-order valence-electron chi connectivity index (χ0n) is 14.6. The Balaban J connectivity index is 1.58. The number of phenolic OH excluding ortho intramolecular Hbond substituents is 1. The van der Waals surface area contributed by atoms with Crippen LogP contribution in [0.15, 0.2) is 48.5 Å². The van der Waals surface area contributed by atoms with Crippen LogP contribution in [0.25, 0.3) is 0 Å². The Labute approximate surface area is 158 Å². The van der Waals surface area contributed by atoms with Gasteiger partial charge in [-0.2, -0.15) is 0 Å². The molecule has 0 spiro atoms. The molecule has 26 heavy (non-hydrogen) atoms. The summed E-state index contributed by atoms with van der Waals surface area (Å²) in [7, 11) is 0. The monoisotopic (exact) mass is 370 g/mol. The van der Waals surface area contributed by atoms with Crippen LogP contribution in [0.3, 0.4) is 0 Å². The number of benzene rings is 2. The van der Waals surface area contributed by atoms with Crippen molar-refractivity contribution in [1.82, 2.24) is 4.90 Å². The van der Waals surface area contributed by atoms with Crippen molar-refractivity contribution in [2.75, 3.05) is 18.4 Å². The topological polar surface area (TPSA) is 52.6 Å². The van der Waals surface area contributed by atoms with Crippen LogP contribution in [0.1, 0.15) is 30.7 Å². The number of halogens is 1. The number of nitrogens with zero attached hydrogens (tertiary/aromatic N) is 1. The van der Waals surface area contributed by atoms with Gasteiger partial charge < -0.3 is 10.4 Å². The first kappa shape index (κ1) is 17.4. The van der Waals surface area contributed by atoms with Crippen LogP contribution in [-0.4, -0.2) is 35.0 Å². The summed E-state index contributed by atoms with van der Waals surface area (Å²) in [6, 6.07) is 14.3. The van der Waals surface area contributed by atoms with Crippen molar-refractivity contribution in [3.8, 4) is 5.75 Å². The van der Waals surface area contributed by atoms with Gasteiger partial charge in [-0.3, -0.25) is 9.69 Å². The fourth-order valence-corrected chi connectivity index (χ4v) is 4.12. The Morgan fingerprint density at radius 3 is 2.69 bits per heavy atom. The van der Waals surface area contributed by atoms with Gasteiger partial charge in [-0.25, -0.2) is 0 Å². The summed E-state index contributed by atoms with van der Waals surface area (Å²) < 4.78 is 0. The van der Waals surface area contributed by atoms with Gasteiger partial charge in [-0.1, -0.05) is 29.8 Å². The molecule has 2 N–H and O–H groups in total. The molecule has 1 amide bonds. The maximum atomic E-state index is 13.1. The molecule has 2 aromatic carbocycles. The van der Waals surface area contributed by atoms with Crippen molar-refractivity contribution in [2.45, 2.75) is 31.2 Å². The van der Waals surface area contributed by atoms with Gasteiger partial charge in [0.15, 0.2) is 0 Å². The highest BCUT2D eigenvalue weighted by Crippen LogP contribution is 2.39. The number of rotatable bonds is 5. The highest BCUT2D eigenvalue weighted by molar-refractivity contribution is 6.30. The quantitative estimate of drug-likeness (QED) is 0.827. The van der Waals surface area contributed by atoms with Gasteiger partial charge in [0, 0.05) is 23.2 Å². The first-order chi connectivity index (χ1) is 12.6. The first-order valence-electron chi connectivity index (χ1n) is 9.19. The smallest absolute Gasteiger partial charge is 0.242 e. The molecule has 136 valence electrons. The van der Waals surface area contributed by atoms with Gasteiger partial charge in [-0.05, 0) is 67.6 Å². The van der Waals surface area contributed by atoms with Gasteiger partial charge >= 0.3 is 0 Å². The van der Waals surface area contributed by atoms with Gasteiger partial charge in [0.25, 0.3) is 0 Å². The minimum absolute atomic E-state index is 0.00115. The molecule has 1 saturated carbocycles. The number of aromatic hydroxyl groups is 1. The number of carbonyl (C=O) groups is 1. The molecule has 2 aliphatic rings. The van der Waals surface area contributed by atoms with Crippen LogP contribution in [0, 0.1) is 5.92 Å². The number of amides is 1. The summed E-state index contributed by atoms with van der Waals surface area (Å²) >= 11 is 6.05. The first-order valence-corrected chi connectivity index (χ1v) is 9.57. The van der Waals surface area contributed by atoms with E-state index in [4.69, 9.17) is 11.6 Å². The molecule has 1 aliphatic carbocycles. The molecule has 2 atom stereocenters. The van der Waals surface area contributed by atoms with Crippen molar-refractivity contribution >= 4 is 23.2 Å². The lowest BCUT2D eigenvalue weighted by Gasteiger charge is -2.27. The Morgan fingerprint density at radius 1 is 1.15 bits per heavy atom. The van der Waals surface area contributed by atoms with Crippen molar-refractivity contribution in [2.24, 2.45) is 5.92 Å². The molecule has 2 fully saturated rings. The van der Waals surface area contributed by atoms with Crippen molar-refractivity contribution < 1.29 is 9.90 Å². The average molecular weight is 371 g/mol. The molecule has 0 aromatic heterocycles. The van der Waals surface area contributed by atoms with Gasteiger partial charge in [0.05, 0.1) is 6.04 Å². The largest absolute Gasteiger partial charge is 0.508 e. The van der Waals surface area contributed by atoms with E-state index in [0.717, 1.165) is 36.7 Å². The number of hydrogen-bond donors (Lipinski definition) is 2. The lowest BCUT2D eigenvalue weighted by molar-refractivity contribution is -0.120. The molecule has 1 aliphatic heterocycles. The predicted octanol–water partition coefficient (Wildman–Crippen LogP) is 4.25. The van der Waals surface area contributed by atoms with E-state index in [1.165, 1.54) is 12.8 Å². The molecule has 1 heterocycles. The molecular weight excluding hydrogens is 348 g/mol. The maximum Gasteiger partial charge on any atom is 0.242 e. The molecule has 5 heteroatoms. The van der Waals surface area contributed by atoms with E-state index in [2.05, 4.69) is 10.2 Å². The molecule has 1 saturated heterocycles. The van der Waals surface area contributed by atoms with Crippen LogP contribution in [0.5, 0.6) is 5.75 Å². The van der Waals surface area contributed by atoms with E-state index in [-0.39, 0.29) is 23.6 Å². The van der Waals surface area contributed by atoms with Crippen LogP contribution < -0.4 is 5.32 Å². The van der Waals surface area contributed by atoms with Crippen LogP contribution in [0.2, 0.25) is 5.02 Å². The number of anilines is 1. The van der Waals surface area contributed by atoms with E-state index in [9.17, 15) is 9.90 Å². The summed E-state index contributed by atoms with van der Waals surface area (Å²) in [5.41, 5.74) is 1.74. The number of carbonyl (C=O) groups excluding carboxylic acids is 1. The molecule has 0 radical (unpaired) electrons. The van der Waals surface area contributed by atoms with E-state index < -0.39 is 0 Å². The summed E-state index contributed by atoms with van der Waals surface area (Å²) in [5, 5.41) is 13.5. The third-order valence-corrected chi connectivity index (χ3v) is 5.59. The number of nitrogens with one attached hydrogen (secondary N) is 1. The lowest BCUT2D eigenvalue weighted by atomic mass is 9.91. The SMILES string of the molecule is O=C(Nc1cccc(Cl)c1)C1C(c2cccc(O)c2)CCN1CC1CC1. The molecule has 4 nitrogen and oxygen atoms in total. The summed E-state index contributed by atoms with van der Waals surface area (Å²) in [6.45, 7) is 1.88. The Kier molecular flexibility index (Phi) is 4.88. The third kappa shape index (κ3) is 3.87. The minimum Gasteiger partial charge on any atom is -0.508 e. The molecule has 0 bridgehead atoms. The second-order valence-corrected chi connectivity index (χ2v) is 7.81. The predicted molar refractivity (Wildman–Crippen MR) is 104 cm³/mol. The van der Waals surface area contributed by atoms with Crippen molar-refractivity contribution in [1.29, 1.82) is 0 Å². The third-order valence-electron chi connectivity index (χ3n) is 5.35. The van der Waals surface area contributed by atoms with Gasteiger partial charge in [0.1, 0.15) is 5.75 Å². The van der Waals surface area contributed by atoms with Crippen LogP contribution in [-0.2, 0) is 4.79 Å². The number of hydrogen-bond acceptors (Lipinski definition) is 3. The molecule has 2 aromatic rings. The average Bonchev–Trinajstić information content (AvgIpc) is 3.31. The zero-order chi connectivity index (χ0) is 18.1. The fourth-order valence-electron chi connectivity index (χ4n) is 3.93. The highest BCUT2D eigenvalue weighted by atomic mass is 35.5. The molecule has 2 unspecified atom stereocenters. The normalized spacial score (nSPS) is 23.1. The van der Waals surface area contributed by atoms with E-state index in [1.807, 2.05) is 24.3 Å². The Bertz CT molecular complexity index is 806. The lowest BCUT2D eigenvalue weighted by Crippen LogP contribution is -2.43. The van der Waals surface area contributed by atoms with Crippen molar-refractivity contribution in [3.05, 3.63) is 59.1 Å². The van der Waals surface area contributed by atoms with Crippen LogP contribution in [0.4, 0.5) is 5.69 Å². The van der Waals surface area contributed by atoms with Gasteiger partial charge in [0.2, 0.25) is 5.91 Å². The zero-order valence-corrected chi connectivity index (χ0v) is 15.3. The fraction of sp³-hybridized carbons (Fsp3) is 0.381. The van der Waals surface area contributed by atoms with E-state index in [1.54, 1.807) is 24.3 Å². The summed E-state index contributed by atoms with van der Waals surface area (Å²) in [6.07, 6.45) is 3.44. The summed E-state index contributed by atoms with van der Waals surface area (Å²) in [4.78, 5) is 15.5. The maximum absolute atomic E-state index is 13.1. The Morgan fingerprint density at radius 2 is 1.96 bits per heavy atom. The van der Waals surface area contributed by atoms with E-state index in [0.29, 0.717) is 5.02 Å². The minimum atomic E-state index is -0.226. The van der Waals surface area contributed by atoms with E-state index >= 15 is 0 Å². The number of likely N-dealkylation sites (tertiary alicyclic amines) is 1. The summed E-state index contributed by atoms with van der Waals surface area (Å²) in [5.74, 6) is 1.05.